The molecule has 1 nitrogen and oxygen atoms in total. The Morgan fingerprint density at radius 2 is 1.76 bits per heavy atom. The average Bonchev–Trinajstić information content (AvgIpc) is 2.44. The first-order valence-electron chi connectivity index (χ1n) is 6.61. The molecule has 2 aromatic rings. The summed E-state index contributed by atoms with van der Waals surface area (Å²) in [6.07, 6.45) is 0. The lowest BCUT2D eigenvalue weighted by atomic mass is 9.96. The minimum atomic E-state index is -0.273. The van der Waals surface area contributed by atoms with Gasteiger partial charge in [-0.2, -0.15) is 0 Å². The molecule has 0 saturated carbocycles. The quantitative estimate of drug-likeness (QED) is 0.505. The zero-order valence-corrected chi connectivity index (χ0v) is 16.4. The lowest BCUT2D eigenvalue weighted by Crippen LogP contribution is -2.04. The molecule has 0 amide bonds. The van der Waals surface area contributed by atoms with E-state index in [2.05, 4.69) is 57.8 Å². The Kier molecular flexibility index (Phi) is 5.39. The molecule has 0 aromatic heterocycles. The van der Waals surface area contributed by atoms with E-state index >= 15 is 0 Å². The molecule has 0 heterocycles. The number of halogens is 3. The van der Waals surface area contributed by atoms with Crippen LogP contribution in [0.25, 0.3) is 0 Å². The van der Waals surface area contributed by atoms with Crippen LogP contribution in [-0.4, -0.2) is 7.11 Å². The number of ether oxygens (including phenoxy) is 1. The first kappa shape index (κ1) is 16.9. The van der Waals surface area contributed by atoms with E-state index in [9.17, 15) is 0 Å². The number of hydrogen-bond donors (Lipinski definition) is 0. The first-order chi connectivity index (χ1) is 9.88. The third kappa shape index (κ3) is 3.15. The summed E-state index contributed by atoms with van der Waals surface area (Å²) in [6, 6.07) is 8.20. The van der Waals surface area contributed by atoms with Crippen LogP contribution < -0.4 is 4.74 Å². The van der Waals surface area contributed by atoms with Crippen molar-refractivity contribution in [3.05, 3.63) is 61.0 Å². The predicted octanol–water partition coefficient (Wildman–Crippen LogP) is 6.47. The maximum absolute atomic E-state index is 6.81. The number of hydrogen-bond acceptors (Lipinski definition) is 1. The second kappa shape index (κ2) is 6.72. The van der Waals surface area contributed by atoms with E-state index in [-0.39, 0.29) is 5.38 Å². The summed E-state index contributed by atoms with van der Waals surface area (Å²) in [5.41, 5.74) is 5.40. The van der Waals surface area contributed by atoms with Gasteiger partial charge in [-0.15, -0.1) is 11.6 Å². The fourth-order valence-electron chi connectivity index (χ4n) is 2.47. The van der Waals surface area contributed by atoms with Crippen LogP contribution in [0.3, 0.4) is 0 Å². The Labute approximate surface area is 147 Å². The standard InChI is InChI=1S/C17H17Br2ClO/c1-9-6-5-7-12(15(9)19)16(20)14-11(3)13(18)8-10(2)17(14)21-4/h5-8,16H,1-4H3. The van der Waals surface area contributed by atoms with Crippen molar-refractivity contribution in [3.63, 3.8) is 0 Å². The summed E-state index contributed by atoms with van der Waals surface area (Å²) in [7, 11) is 1.69. The van der Waals surface area contributed by atoms with Gasteiger partial charge in [0.05, 0.1) is 12.5 Å². The van der Waals surface area contributed by atoms with Crippen molar-refractivity contribution in [1.82, 2.24) is 0 Å². The van der Waals surface area contributed by atoms with Crippen molar-refractivity contribution in [3.8, 4) is 5.75 Å². The highest BCUT2D eigenvalue weighted by molar-refractivity contribution is 9.10. The molecule has 1 unspecified atom stereocenters. The molecule has 0 aliphatic heterocycles. The van der Waals surface area contributed by atoms with Crippen molar-refractivity contribution in [2.45, 2.75) is 26.1 Å². The van der Waals surface area contributed by atoms with Crippen LogP contribution >= 0.6 is 43.5 Å². The number of rotatable bonds is 3. The van der Waals surface area contributed by atoms with Gasteiger partial charge in [0.15, 0.2) is 0 Å². The molecular weight excluding hydrogens is 415 g/mol. The maximum atomic E-state index is 6.81. The summed E-state index contributed by atoms with van der Waals surface area (Å²) in [5.74, 6) is 0.851. The van der Waals surface area contributed by atoms with Gasteiger partial charge >= 0.3 is 0 Å². The van der Waals surface area contributed by atoms with E-state index in [0.717, 1.165) is 36.9 Å². The van der Waals surface area contributed by atoms with E-state index in [1.807, 2.05) is 19.1 Å². The van der Waals surface area contributed by atoms with Crippen LogP contribution in [0.1, 0.15) is 33.2 Å². The summed E-state index contributed by atoms with van der Waals surface area (Å²) < 4.78 is 7.70. The van der Waals surface area contributed by atoms with Crippen molar-refractivity contribution in [1.29, 1.82) is 0 Å². The van der Waals surface area contributed by atoms with E-state index in [0.29, 0.717) is 0 Å². The van der Waals surface area contributed by atoms with E-state index in [1.165, 1.54) is 5.56 Å². The van der Waals surface area contributed by atoms with Gasteiger partial charge in [-0.25, -0.2) is 0 Å². The molecule has 0 aliphatic carbocycles. The zero-order chi connectivity index (χ0) is 15.7. The Bertz CT molecular complexity index is 683. The van der Waals surface area contributed by atoms with Crippen molar-refractivity contribution >= 4 is 43.5 Å². The van der Waals surface area contributed by atoms with Crippen molar-refractivity contribution < 1.29 is 4.74 Å². The molecule has 1 atom stereocenters. The molecule has 0 radical (unpaired) electrons. The number of benzene rings is 2. The molecule has 2 rings (SSSR count). The summed E-state index contributed by atoms with van der Waals surface area (Å²) in [4.78, 5) is 0. The molecule has 4 heteroatoms. The fraction of sp³-hybridized carbons (Fsp3) is 0.294. The average molecular weight is 433 g/mol. The van der Waals surface area contributed by atoms with Crippen LogP contribution in [0.15, 0.2) is 33.2 Å². The topological polar surface area (TPSA) is 9.23 Å². The van der Waals surface area contributed by atoms with Gasteiger partial charge in [-0.05, 0) is 49.1 Å². The van der Waals surface area contributed by atoms with Gasteiger partial charge < -0.3 is 4.74 Å². The Morgan fingerprint density at radius 3 is 2.38 bits per heavy atom. The van der Waals surface area contributed by atoms with E-state index < -0.39 is 0 Å². The minimum Gasteiger partial charge on any atom is -0.496 e. The molecule has 2 aromatic carbocycles. The molecule has 21 heavy (non-hydrogen) atoms. The minimum absolute atomic E-state index is 0.273. The molecule has 112 valence electrons. The largest absolute Gasteiger partial charge is 0.496 e. The van der Waals surface area contributed by atoms with Gasteiger partial charge in [-0.1, -0.05) is 50.1 Å². The van der Waals surface area contributed by atoms with Crippen LogP contribution in [0.5, 0.6) is 5.75 Å². The number of aryl methyl sites for hydroxylation is 2. The lowest BCUT2D eigenvalue weighted by molar-refractivity contribution is 0.406. The fourth-order valence-corrected chi connectivity index (χ4v) is 4.10. The second-order valence-electron chi connectivity index (χ2n) is 5.09. The van der Waals surface area contributed by atoms with Crippen LogP contribution in [0, 0.1) is 20.8 Å². The third-order valence-electron chi connectivity index (χ3n) is 3.66. The van der Waals surface area contributed by atoms with Gasteiger partial charge in [0, 0.05) is 14.5 Å². The van der Waals surface area contributed by atoms with Crippen molar-refractivity contribution in [2.24, 2.45) is 0 Å². The highest BCUT2D eigenvalue weighted by atomic mass is 79.9. The van der Waals surface area contributed by atoms with E-state index in [4.69, 9.17) is 16.3 Å². The van der Waals surface area contributed by atoms with Crippen LogP contribution in [0.2, 0.25) is 0 Å². The molecular formula is C17H17Br2ClO. The highest BCUT2D eigenvalue weighted by Gasteiger charge is 2.23. The van der Waals surface area contributed by atoms with Crippen molar-refractivity contribution in [2.75, 3.05) is 7.11 Å². The summed E-state index contributed by atoms with van der Waals surface area (Å²) in [6.45, 7) is 6.15. The van der Waals surface area contributed by atoms with Gasteiger partial charge in [-0.3, -0.25) is 0 Å². The van der Waals surface area contributed by atoms with Crippen LogP contribution in [0.4, 0.5) is 0 Å². The Hall–Kier alpha value is -0.510. The highest BCUT2D eigenvalue weighted by Crippen LogP contribution is 2.44. The Morgan fingerprint density at radius 1 is 1.10 bits per heavy atom. The first-order valence-corrected chi connectivity index (χ1v) is 8.63. The monoisotopic (exact) mass is 430 g/mol. The Balaban J connectivity index is 2.68. The maximum Gasteiger partial charge on any atom is 0.127 e. The number of methoxy groups -OCH3 is 1. The smallest absolute Gasteiger partial charge is 0.127 e. The van der Waals surface area contributed by atoms with Gasteiger partial charge in [0.1, 0.15) is 5.75 Å². The molecule has 0 spiro atoms. The predicted molar refractivity (Wildman–Crippen MR) is 96.7 cm³/mol. The second-order valence-corrected chi connectivity index (χ2v) is 7.17. The van der Waals surface area contributed by atoms with E-state index in [1.54, 1.807) is 7.11 Å². The zero-order valence-electron chi connectivity index (χ0n) is 12.4. The summed E-state index contributed by atoms with van der Waals surface area (Å²) in [5, 5.41) is -0.273. The lowest BCUT2D eigenvalue weighted by Gasteiger charge is -2.21. The van der Waals surface area contributed by atoms with Gasteiger partial charge in [0.25, 0.3) is 0 Å². The van der Waals surface area contributed by atoms with Gasteiger partial charge in [0.2, 0.25) is 0 Å². The molecule has 0 fully saturated rings. The summed E-state index contributed by atoms with van der Waals surface area (Å²) >= 11 is 14.1. The SMILES string of the molecule is COc1c(C)cc(Br)c(C)c1C(Cl)c1cccc(C)c1Br. The molecule has 0 saturated heterocycles. The molecule has 0 N–H and O–H groups in total. The normalized spacial score (nSPS) is 12.3. The molecule has 0 aliphatic rings. The molecule has 0 bridgehead atoms. The number of alkyl halides is 1. The third-order valence-corrected chi connectivity index (χ3v) is 6.02. The van der Waals surface area contributed by atoms with Crippen LogP contribution in [-0.2, 0) is 0 Å².